The number of carbonyl (C=O) groups is 2. The zero-order chi connectivity index (χ0) is 24.9. The fraction of sp³-hybridized carbons (Fsp3) is 0.714. The molecule has 186 valence electrons. The van der Waals surface area contributed by atoms with Crippen LogP contribution in [0.5, 0.6) is 0 Å². The van der Waals surface area contributed by atoms with Crippen LogP contribution >= 0.6 is 0 Å². The van der Waals surface area contributed by atoms with Gasteiger partial charge >= 0.3 is 5.97 Å². The van der Waals surface area contributed by atoms with Gasteiger partial charge in [0.15, 0.2) is 5.78 Å². The van der Waals surface area contributed by atoms with Crippen LogP contribution in [0.1, 0.15) is 79.6 Å². The zero-order valence-electron chi connectivity index (χ0n) is 21.0. The highest BCUT2D eigenvalue weighted by Crippen LogP contribution is 2.70. The third-order valence-corrected chi connectivity index (χ3v) is 11.1. The molecule has 2 saturated carbocycles. The van der Waals surface area contributed by atoms with Crippen LogP contribution in [0.3, 0.4) is 0 Å². The molecule has 0 aromatic heterocycles. The zero-order valence-corrected chi connectivity index (χ0v) is 21.0. The van der Waals surface area contributed by atoms with Gasteiger partial charge in [0.25, 0.3) is 0 Å². The summed E-state index contributed by atoms with van der Waals surface area (Å²) >= 11 is 0. The van der Waals surface area contributed by atoms with E-state index in [1.165, 1.54) is 0 Å². The van der Waals surface area contributed by atoms with E-state index >= 15 is 0 Å². The molecule has 34 heavy (non-hydrogen) atoms. The van der Waals surface area contributed by atoms with E-state index in [9.17, 15) is 24.9 Å². The summed E-state index contributed by atoms with van der Waals surface area (Å²) in [6.07, 6.45) is 8.28. The van der Waals surface area contributed by atoms with Gasteiger partial charge in [-0.2, -0.15) is 0 Å². The molecule has 6 heteroatoms. The van der Waals surface area contributed by atoms with E-state index in [0.29, 0.717) is 37.7 Å². The number of ketones is 1. The summed E-state index contributed by atoms with van der Waals surface area (Å²) in [5, 5.41) is 36.5. The average Bonchev–Trinajstić information content (AvgIpc) is 3.00. The molecular weight excluding hydrogens is 432 g/mol. The summed E-state index contributed by atoms with van der Waals surface area (Å²) in [6, 6.07) is 0. The summed E-state index contributed by atoms with van der Waals surface area (Å²) in [7, 11) is 0. The minimum atomic E-state index is -1.75. The lowest BCUT2D eigenvalue weighted by Gasteiger charge is -2.63. The Bertz CT molecular complexity index is 1050. The molecule has 5 rings (SSSR count). The minimum Gasteiger partial charge on any atom is -0.455 e. The number of hydrogen-bond donors (Lipinski definition) is 3. The molecule has 5 aliphatic rings. The average molecular weight is 471 g/mol. The van der Waals surface area contributed by atoms with E-state index in [-0.39, 0.29) is 24.0 Å². The Morgan fingerprint density at radius 3 is 2.47 bits per heavy atom. The largest absolute Gasteiger partial charge is 0.455 e. The number of ether oxygens (including phenoxy) is 1. The van der Waals surface area contributed by atoms with E-state index in [4.69, 9.17) is 4.74 Å². The number of cyclic esters (lactones) is 1. The first kappa shape index (κ1) is 24.0. The van der Waals surface area contributed by atoms with Crippen LogP contribution in [0.2, 0.25) is 0 Å². The summed E-state index contributed by atoms with van der Waals surface area (Å²) in [5.74, 6) is -0.589. The molecule has 0 radical (unpaired) electrons. The van der Waals surface area contributed by atoms with Gasteiger partial charge in [0.05, 0.1) is 11.0 Å². The second-order valence-corrected chi connectivity index (χ2v) is 12.2. The van der Waals surface area contributed by atoms with E-state index in [1.807, 2.05) is 26.8 Å². The van der Waals surface area contributed by atoms with E-state index in [2.05, 4.69) is 6.08 Å². The summed E-state index contributed by atoms with van der Waals surface area (Å²) in [5.41, 5.74) is -3.78. The quantitative estimate of drug-likeness (QED) is 0.421. The van der Waals surface area contributed by atoms with Gasteiger partial charge in [-0.25, -0.2) is 4.79 Å². The van der Waals surface area contributed by atoms with Crippen molar-refractivity contribution < 1.29 is 29.6 Å². The van der Waals surface area contributed by atoms with Crippen molar-refractivity contribution in [3.63, 3.8) is 0 Å². The summed E-state index contributed by atoms with van der Waals surface area (Å²) in [6.45, 7) is 9.01. The number of fused-ring (bicyclic) bond motifs is 5. The van der Waals surface area contributed by atoms with Gasteiger partial charge in [-0.3, -0.25) is 4.79 Å². The van der Waals surface area contributed by atoms with E-state index in [0.717, 1.165) is 17.6 Å². The molecule has 0 unspecified atom stereocenters. The van der Waals surface area contributed by atoms with Gasteiger partial charge in [0.2, 0.25) is 0 Å². The predicted molar refractivity (Wildman–Crippen MR) is 127 cm³/mol. The summed E-state index contributed by atoms with van der Waals surface area (Å²) < 4.78 is 5.63. The van der Waals surface area contributed by atoms with Crippen molar-refractivity contribution in [2.24, 2.45) is 22.7 Å². The Labute approximate surface area is 201 Å². The van der Waals surface area contributed by atoms with Crippen LogP contribution in [0.4, 0.5) is 0 Å². The third-order valence-electron chi connectivity index (χ3n) is 11.1. The van der Waals surface area contributed by atoms with Crippen molar-refractivity contribution in [2.75, 3.05) is 0 Å². The predicted octanol–water partition coefficient (Wildman–Crippen LogP) is 3.54. The van der Waals surface area contributed by atoms with E-state index in [1.54, 1.807) is 19.9 Å². The van der Waals surface area contributed by atoms with Crippen molar-refractivity contribution in [3.8, 4) is 0 Å². The molecule has 6 nitrogen and oxygen atoms in total. The van der Waals surface area contributed by atoms with Crippen molar-refractivity contribution >= 4 is 11.8 Å². The fourth-order valence-corrected chi connectivity index (χ4v) is 8.41. The minimum absolute atomic E-state index is 0.0179. The maximum atomic E-state index is 13.1. The maximum absolute atomic E-state index is 13.1. The second kappa shape index (κ2) is 7.14. The molecule has 0 aromatic rings. The Morgan fingerprint density at radius 1 is 1.09 bits per heavy atom. The first-order valence-corrected chi connectivity index (χ1v) is 12.7. The Hall–Kier alpha value is -1.76. The Kier molecular flexibility index (Phi) is 5.03. The lowest BCUT2D eigenvalue weighted by atomic mass is 9.44. The number of carbonyl (C=O) groups excluding carboxylic acids is 2. The molecule has 0 saturated heterocycles. The lowest BCUT2D eigenvalue weighted by molar-refractivity contribution is -0.279. The standard InChI is InChI=1S/C28H38O6/c1-16-15-22(34-23(30)17(16)2)26(5,31)28(33)14-13-27(32)20-10-9-18-7-6-8-21(29)25(18,4)19(20)11-12-24(27,28)3/h6,8-9,19-20,22,31-33H,7,10-15H2,1-5H3/t19-,20+,22-,24-,25-,26-,27+,28-/m0/s1. The van der Waals surface area contributed by atoms with Gasteiger partial charge in [0, 0.05) is 17.4 Å². The highest BCUT2D eigenvalue weighted by atomic mass is 16.6. The fourth-order valence-electron chi connectivity index (χ4n) is 8.41. The van der Waals surface area contributed by atoms with E-state index < -0.39 is 39.7 Å². The molecule has 0 aromatic carbocycles. The monoisotopic (exact) mass is 470 g/mol. The van der Waals surface area contributed by atoms with Crippen molar-refractivity contribution in [3.05, 3.63) is 34.9 Å². The molecule has 8 atom stereocenters. The smallest absolute Gasteiger partial charge is 0.334 e. The molecule has 0 spiro atoms. The van der Waals surface area contributed by atoms with Gasteiger partial charge < -0.3 is 20.1 Å². The SMILES string of the molecule is CC1=C(C)C(=O)O[C@H]([C@](C)(O)[C@]2(O)CC[C@@]3(O)[C@@H]4CC=C5CC=CC(=O)[C@]5(C)[C@H]4CC[C@]23C)C1. The van der Waals surface area contributed by atoms with Crippen LogP contribution in [0.15, 0.2) is 34.9 Å². The van der Waals surface area contributed by atoms with Crippen molar-refractivity contribution in [1.29, 1.82) is 0 Å². The molecule has 0 bridgehead atoms. The number of allylic oxidation sites excluding steroid dienone is 4. The number of hydrogen-bond acceptors (Lipinski definition) is 6. The Morgan fingerprint density at radius 2 is 1.79 bits per heavy atom. The second-order valence-electron chi connectivity index (χ2n) is 12.2. The highest BCUT2D eigenvalue weighted by molar-refractivity contribution is 5.98. The molecule has 0 amide bonds. The van der Waals surface area contributed by atoms with Crippen LogP contribution in [-0.2, 0) is 14.3 Å². The van der Waals surface area contributed by atoms with Gasteiger partial charge in [-0.1, -0.05) is 30.2 Å². The molecular formula is C28H38O6. The van der Waals surface area contributed by atoms with Crippen LogP contribution in [0, 0.1) is 22.7 Å². The Balaban J connectivity index is 1.53. The molecule has 1 aliphatic heterocycles. The molecule has 2 fully saturated rings. The van der Waals surface area contributed by atoms with Crippen molar-refractivity contribution in [1.82, 2.24) is 0 Å². The van der Waals surface area contributed by atoms with Crippen LogP contribution < -0.4 is 0 Å². The topological polar surface area (TPSA) is 104 Å². The van der Waals surface area contributed by atoms with Crippen LogP contribution in [0.25, 0.3) is 0 Å². The molecule has 1 heterocycles. The lowest BCUT2D eigenvalue weighted by Crippen LogP contribution is -2.72. The highest BCUT2D eigenvalue weighted by Gasteiger charge is 2.76. The first-order valence-electron chi connectivity index (χ1n) is 12.7. The number of rotatable bonds is 2. The summed E-state index contributed by atoms with van der Waals surface area (Å²) in [4.78, 5) is 25.5. The number of aliphatic hydroxyl groups is 3. The van der Waals surface area contributed by atoms with Crippen molar-refractivity contribution in [2.45, 2.75) is 102 Å². The first-order chi connectivity index (χ1) is 15.7. The van der Waals surface area contributed by atoms with Crippen LogP contribution in [-0.4, -0.2) is 50.0 Å². The molecule has 4 aliphatic carbocycles. The molecule has 3 N–H and O–H groups in total. The van der Waals surface area contributed by atoms with Gasteiger partial charge in [-0.15, -0.1) is 0 Å². The third kappa shape index (κ3) is 2.63. The van der Waals surface area contributed by atoms with Gasteiger partial charge in [-0.05, 0) is 84.1 Å². The van der Waals surface area contributed by atoms with Gasteiger partial charge in [0.1, 0.15) is 17.3 Å². The number of esters is 1. The normalized spacial score (nSPS) is 47.9. The maximum Gasteiger partial charge on any atom is 0.334 e.